The van der Waals surface area contributed by atoms with Crippen LogP contribution in [0.1, 0.15) is 17.4 Å². The Labute approximate surface area is 120 Å². The highest BCUT2D eigenvalue weighted by Crippen LogP contribution is 2.22. The molecule has 3 nitrogen and oxygen atoms in total. The summed E-state index contributed by atoms with van der Waals surface area (Å²) in [5, 5.41) is 7.74. The molecule has 0 saturated carbocycles. The molecule has 0 spiro atoms. The molecule has 2 heterocycles. The summed E-state index contributed by atoms with van der Waals surface area (Å²) >= 11 is 5.26. The molecule has 0 fully saturated rings. The number of rotatable bonds is 6. The average molecular weight is 329 g/mol. The van der Waals surface area contributed by atoms with Crippen LogP contribution >= 0.6 is 27.3 Å². The van der Waals surface area contributed by atoms with Gasteiger partial charge in [0.1, 0.15) is 5.76 Å². The second-order valence-electron chi connectivity index (χ2n) is 4.37. The van der Waals surface area contributed by atoms with Gasteiger partial charge >= 0.3 is 0 Å². The van der Waals surface area contributed by atoms with Crippen LogP contribution in [0.4, 0.5) is 0 Å². The predicted molar refractivity (Wildman–Crippen MR) is 78.9 cm³/mol. The molecule has 2 aromatic rings. The van der Waals surface area contributed by atoms with Crippen LogP contribution in [-0.2, 0) is 6.54 Å². The van der Waals surface area contributed by atoms with Crippen molar-refractivity contribution in [2.24, 2.45) is 0 Å². The van der Waals surface area contributed by atoms with Crippen LogP contribution in [0.3, 0.4) is 0 Å². The van der Waals surface area contributed by atoms with Crippen molar-refractivity contribution in [3.8, 4) is 0 Å². The van der Waals surface area contributed by atoms with Gasteiger partial charge in [0.05, 0.1) is 12.3 Å². The quantitative estimate of drug-likeness (QED) is 0.879. The summed E-state index contributed by atoms with van der Waals surface area (Å²) in [5.41, 5.74) is 1.30. The fraction of sp³-hybridized carbons (Fsp3) is 0.385. The molecule has 0 aliphatic heterocycles. The predicted octanol–water partition coefficient (Wildman–Crippen LogP) is 3.50. The molecule has 0 radical (unpaired) electrons. The Bertz CT molecular complexity index is 467. The summed E-state index contributed by atoms with van der Waals surface area (Å²) in [6.07, 6.45) is 1.72. The van der Waals surface area contributed by atoms with Crippen LogP contribution in [0.5, 0.6) is 0 Å². The van der Waals surface area contributed by atoms with Crippen molar-refractivity contribution in [2.75, 3.05) is 20.6 Å². The minimum Gasteiger partial charge on any atom is -0.468 e. The minimum absolute atomic E-state index is 0.261. The zero-order valence-electron chi connectivity index (χ0n) is 10.5. The average Bonchev–Trinajstić information content (AvgIpc) is 2.96. The van der Waals surface area contributed by atoms with Gasteiger partial charge in [-0.1, -0.05) is 0 Å². The second kappa shape index (κ2) is 6.52. The third-order valence-corrected chi connectivity index (χ3v) is 4.67. The number of furan rings is 1. The highest BCUT2D eigenvalue weighted by molar-refractivity contribution is 9.10. The molecule has 98 valence electrons. The van der Waals surface area contributed by atoms with Crippen molar-refractivity contribution in [1.82, 2.24) is 10.2 Å². The van der Waals surface area contributed by atoms with Crippen LogP contribution in [0, 0.1) is 0 Å². The fourth-order valence-corrected chi connectivity index (χ4v) is 3.24. The summed E-state index contributed by atoms with van der Waals surface area (Å²) in [6, 6.07) is 4.21. The second-order valence-corrected chi connectivity index (χ2v) is 5.97. The van der Waals surface area contributed by atoms with E-state index in [1.807, 2.05) is 12.1 Å². The van der Waals surface area contributed by atoms with Gasteiger partial charge in [-0.05, 0) is 53.1 Å². The van der Waals surface area contributed by atoms with Gasteiger partial charge in [-0.25, -0.2) is 0 Å². The Balaban J connectivity index is 1.89. The zero-order chi connectivity index (χ0) is 13.0. The van der Waals surface area contributed by atoms with E-state index in [0.29, 0.717) is 0 Å². The van der Waals surface area contributed by atoms with E-state index in [2.05, 4.69) is 51.0 Å². The number of thiophene rings is 1. The van der Waals surface area contributed by atoms with Crippen LogP contribution in [0.15, 0.2) is 38.0 Å². The first-order valence-electron chi connectivity index (χ1n) is 5.79. The third kappa shape index (κ3) is 3.45. The summed E-state index contributed by atoms with van der Waals surface area (Å²) in [7, 11) is 4.13. The van der Waals surface area contributed by atoms with E-state index in [9.17, 15) is 0 Å². The third-order valence-electron chi connectivity index (χ3n) is 2.84. The van der Waals surface area contributed by atoms with Gasteiger partial charge in [0.15, 0.2) is 0 Å². The summed E-state index contributed by atoms with van der Waals surface area (Å²) in [4.78, 5) is 2.16. The Kier molecular flexibility index (Phi) is 5.00. The number of hydrogen-bond donors (Lipinski definition) is 1. The molecular formula is C13H17BrN2OS. The van der Waals surface area contributed by atoms with Gasteiger partial charge in [-0.2, -0.15) is 11.3 Å². The van der Waals surface area contributed by atoms with E-state index in [4.69, 9.17) is 4.42 Å². The van der Waals surface area contributed by atoms with Gasteiger partial charge in [0.2, 0.25) is 0 Å². The van der Waals surface area contributed by atoms with E-state index >= 15 is 0 Å². The first-order valence-corrected chi connectivity index (χ1v) is 7.53. The maximum absolute atomic E-state index is 5.48. The molecule has 0 aromatic carbocycles. The van der Waals surface area contributed by atoms with Crippen LogP contribution in [0.2, 0.25) is 0 Å². The van der Waals surface area contributed by atoms with E-state index in [1.165, 1.54) is 10.0 Å². The fourth-order valence-electron chi connectivity index (χ4n) is 1.80. The van der Waals surface area contributed by atoms with E-state index in [-0.39, 0.29) is 6.04 Å². The number of hydrogen-bond acceptors (Lipinski definition) is 4. The van der Waals surface area contributed by atoms with Crippen LogP contribution in [0.25, 0.3) is 0 Å². The van der Waals surface area contributed by atoms with Gasteiger partial charge in [0.25, 0.3) is 0 Å². The van der Waals surface area contributed by atoms with E-state index < -0.39 is 0 Å². The Hall–Kier alpha value is -0.620. The molecule has 5 heteroatoms. The Morgan fingerprint density at radius 1 is 1.44 bits per heavy atom. The monoisotopic (exact) mass is 328 g/mol. The number of nitrogens with one attached hydrogen (secondary N) is 1. The number of likely N-dealkylation sites (N-methyl/N-ethyl adjacent to an activating group) is 1. The van der Waals surface area contributed by atoms with Crippen molar-refractivity contribution in [1.29, 1.82) is 0 Å². The molecular weight excluding hydrogens is 312 g/mol. The van der Waals surface area contributed by atoms with Gasteiger partial charge < -0.3 is 9.73 Å². The van der Waals surface area contributed by atoms with Crippen LogP contribution < -0.4 is 5.32 Å². The van der Waals surface area contributed by atoms with Crippen molar-refractivity contribution >= 4 is 27.3 Å². The maximum atomic E-state index is 5.48. The lowest BCUT2D eigenvalue weighted by atomic mass is 10.2. The van der Waals surface area contributed by atoms with E-state index in [1.54, 1.807) is 17.6 Å². The SMILES string of the molecule is CN(C)C(CNCc1cscc1Br)c1ccco1. The molecule has 0 saturated heterocycles. The lowest BCUT2D eigenvalue weighted by molar-refractivity contribution is 0.250. The lowest BCUT2D eigenvalue weighted by Gasteiger charge is -2.22. The maximum Gasteiger partial charge on any atom is 0.122 e. The number of halogens is 1. The molecule has 18 heavy (non-hydrogen) atoms. The highest BCUT2D eigenvalue weighted by Gasteiger charge is 2.16. The zero-order valence-corrected chi connectivity index (χ0v) is 12.9. The molecule has 0 aliphatic rings. The molecule has 1 N–H and O–H groups in total. The van der Waals surface area contributed by atoms with Gasteiger partial charge in [-0.15, -0.1) is 0 Å². The van der Waals surface area contributed by atoms with E-state index in [0.717, 1.165) is 18.8 Å². The standard InChI is InChI=1S/C13H17BrN2OS/c1-16(2)12(13-4-3-5-17-13)7-15-6-10-8-18-9-11(10)14/h3-5,8-9,12,15H,6-7H2,1-2H3. The highest BCUT2D eigenvalue weighted by atomic mass is 79.9. The first kappa shape index (κ1) is 13.8. The summed E-state index contributed by atoms with van der Waals surface area (Å²) < 4.78 is 6.66. The van der Waals surface area contributed by atoms with Crippen molar-refractivity contribution in [2.45, 2.75) is 12.6 Å². The van der Waals surface area contributed by atoms with Crippen molar-refractivity contribution in [3.05, 3.63) is 45.0 Å². The largest absolute Gasteiger partial charge is 0.468 e. The molecule has 0 bridgehead atoms. The summed E-state index contributed by atoms with van der Waals surface area (Å²) in [5.74, 6) is 0.997. The molecule has 1 atom stereocenters. The van der Waals surface area contributed by atoms with Crippen molar-refractivity contribution in [3.63, 3.8) is 0 Å². The topological polar surface area (TPSA) is 28.4 Å². The van der Waals surface area contributed by atoms with Crippen molar-refractivity contribution < 1.29 is 4.42 Å². The Morgan fingerprint density at radius 2 is 2.28 bits per heavy atom. The lowest BCUT2D eigenvalue weighted by Crippen LogP contribution is -2.30. The molecule has 2 rings (SSSR count). The number of nitrogens with zero attached hydrogens (tertiary/aromatic N) is 1. The first-order chi connectivity index (χ1) is 8.68. The smallest absolute Gasteiger partial charge is 0.122 e. The van der Waals surface area contributed by atoms with Gasteiger partial charge in [-0.3, -0.25) is 4.90 Å². The van der Waals surface area contributed by atoms with Gasteiger partial charge in [0, 0.05) is 22.9 Å². The molecule has 0 amide bonds. The normalized spacial score (nSPS) is 13.1. The van der Waals surface area contributed by atoms with Crippen LogP contribution in [-0.4, -0.2) is 25.5 Å². The molecule has 1 unspecified atom stereocenters. The minimum atomic E-state index is 0.261. The summed E-state index contributed by atoms with van der Waals surface area (Å²) in [6.45, 7) is 1.73. The molecule has 2 aromatic heterocycles. The molecule has 0 aliphatic carbocycles. The Morgan fingerprint density at radius 3 is 2.83 bits per heavy atom.